The third kappa shape index (κ3) is 8.42. The lowest BCUT2D eigenvalue weighted by Gasteiger charge is -2.21. The summed E-state index contributed by atoms with van der Waals surface area (Å²) in [7, 11) is -0.974. The summed E-state index contributed by atoms with van der Waals surface area (Å²) in [6.45, 7) is 10.8. The van der Waals surface area contributed by atoms with Crippen molar-refractivity contribution in [3.63, 3.8) is 0 Å². The molecule has 0 saturated carbocycles. The molecule has 0 aromatic rings. The van der Waals surface area contributed by atoms with Gasteiger partial charge in [-0.3, -0.25) is 4.79 Å². The first kappa shape index (κ1) is 16.7. The minimum Gasteiger partial charge on any atom is -0.517 e. The van der Waals surface area contributed by atoms with E-state index in [2.05, 4.69) is 34.6 Å². The Bertz CT molecular complexity index is 194. The van der Waals surface area contributed by atoms with Gasteiger partial charge in [-0.25, -0.2) is 0 Å². The number of unbranched alkanes of at least 4 members (excludes halogenated alkanes) is 4. The first-order valence-electron chi connectivity index (χ1n) is 7.06. The molecule has 0 amide bonds. The van der Waals surface area contributed by atoms with E-state index < -0.39 is 9.04 Å². The van der Waals surface area contributed by atoms with Gasteiger partial charge in [0.25, 0.3) is 15.0 Å². The van der Waals surface area contributed by atoms with E-state index in [4.69, 9.17) is 4.43 Å². The van der Waals surface area contributed by atoms with Gasteiger partial charge < -0.3 is 4.43 Å². The van der Waals surface area contributed by atoms with Crippen LogP contribution < -0.4 is 0 Å². The van der Waals surface area contributed by atoms with E-state index in [1.54, 1.807) is 0 Å². The third-order valence-electron chi connectivity index (χ3n) is 2.85. The zero-order chi connectivity index (χ0) is 13.3. The maximum Gasteiger partial charge on any atom is 0.292 e. The Morgan fingerprint density at radius 2 is 1.53 bits per heavy atom. The van der Waals surface area contributed by atoms with Gasteiger partial charge in [0.1, 0.15) is 0 Å². The van der Waals surface area contributed by atoms with Crippen molar-refractivity contribution in [2.75, 3.05) is 0 Å². The minimum absolute atomic E-state index is 0.0257. The molecule has 0 aliphatic carbocycles. The predicted octanol–water partition coefficient (Wildman–Crippen LogP) is 4.70. The Balaban J connectivity index is 3.76. The van der Waals surface area contributed by atoms with Gasteiger partial charge in [-0.05, 0) is 17.5 Å². The highest BCUT2D eigenvalue weighted by Gasteiger charge is 2.26. The van der Waals surface area contributed by atoms with E-state index in [0.29, 0.717) is 17.5 Å². The van der Waals surface area contributed by atoms with Gasteiger partial charge in [-0.1, -0.05) is 60.3 Å². The van der Waals surface area contributed by atoms with Gasteiger partial charge in [-0.2, -0.15) is 0 Å². The second-order valence-corrected chi connectivity index (χ2v) is 8.67. The van der Waals surface area contributed by atoms with Crippen molar-refractivity contribution in [3.05, 3.63) is 0 Å². The second-order valence-electron chi connectivity index (χ2n) is 5.35. The van der Waals surface area contributed by atoms with Crippen LogP contribution in [-0.4, -0.2) is 15.0 Å². The molecule has 0 fully saturated rings. The first-order valence-corrected chi connectivity index (χ1v) is 8.62. The molecule has 2 nitrogen and oxygen atoms in total. The monoisotopic (exact) mass is 257 g/mol. The molecule has 0 aliphatic rings. The fourth-order valence-corrected chi connectivity index (χ4v) is 4.13. The lowest BCUT2D eigenvalue weighted by Crippen LogP contribution is -2.28. The Labute approximate surface area is 109 Å². The molecule has 17 heavy (non-hydrogen) atoms. The smallest absolute Gasteiger partial charge is 0.292 e. The number of hydrogen-bond acceptors (Lipinski definition) is 2. The van der Waals surface area contributed by atoms with Crippen LogP contribution in [0.3, 0.4) is 0 Å². The van der Waals surface area contributed by atoms with E-state index in [-0.39, 0.29) is 5.97 Å². The van der Waals surface area contributed by atoms with Crippen molar-refractivity contribution in [2.24, 2.45) is 0 Å². The molecule has 0 aromatic heterocycles. The van der Waals surface area contributed by atoms with Crippen LogP contribution in [0.1, 0.15) is 73.1 Å². The van der Waals surface area contributed by atoms with E-state index in [9.17, 15) is 4.79 Å². The molecule has 0 atom stereocenters. The first-order chi connectivity index (χ1) is 7.99. The molecular formula is C14H29O2Si. The lowest BCUT2D eigenvalue weighted by atomic mass is 10.1. The maximum absolute atomic E-state index is 11.7. The molecule has 0 rings (SSSR count). The van der Waals surface area contributed by atoms with Gasteiger partial charge in [-0.15, -0.1) is 0 Å². The highest BCUT2D eigenvalue weighted by atomic mass is 28.3. The summed E-state index contributed by atoms with van der Waals surface area (Å²) in [5, 5.41) is 0. The van der Waals surface area contributed by atoms with Gasteiger partial charge in [0.05, 0.1) is 0 Å². The van der Waals surface area contributed by atoms with Crippen LogP contribution in [-0.2, 0) is 9.22 Å². The fourth-order valence-electron chi connectivity index (χ4n) is 1.96. The van der Waals surface area contributed by atoms with Crippen molar-refractivity contribution in [1.82, 2.24) is 0 Å². The Hall–Kier alpha value is -0.313. The molecular weight excluding hydrogens is 228 g/mol. The molecule has 0 N–H and O–H groups in total. The molecule has 3 heteroatoms. The largest absolute Gasteiger partial charge is 0.517 e. The number of hydrogen-bond donors (Lipinski definition) is 0. The van der Waals surface area contributed by atoms with E-state index >= 15 is 0 Å². The topological polar surface area (TPSA) is 26.3 Å². The molecule has 0 bridgehead atoms. The fraction of sp³-hybridized carbons (Fsp3) is 0.929. The van der Waals surface area contributed by atoms with Crippen molar-refractivity contribution in [1.29, 1.82) is 0 Å². The van der Waals surface area contributed by atoms with Crippen LogP contribution >= 0.6 is 0 Å². The van der Waals surface area contributed by atoms with Crippen LogP contribution in [0.2, 0.25) is 11.1 Å². The summed E-state index contributed by atoms with van der Waals surface area (Å²) in [4.78, 5) is 11.7. The summed E-state index contributed by atoms with van der Waals surface area (Å²) in [5.74, 6) is 0.0257. The maximum atomic E-state index is 11.7. The average molecular weight is 257 g/mol. The van der Waals surface area contributed by atoms with Crippen molar-refractivity contribution in [3.8, 4) is 0 Å². The van der Waals surface area contributed by atoms with Gasteiger partial charge >= 0.3 is 0 Å². The van der Waals surface area contributed by atoms with Gasteiger partial charge in [0, 0.05) is 6.42 Å². The van der Waals surface area contributed by atoms with Crippen LogP contribution in [0.4, 0.5) is 0 Å². The lowest BCUT2D eigenvalue weighted by molar-refractivity contribution is -0.135. The van der Waals surface area contributed by atoms with E-state index in [0.717, 1.165) is 12.8 Å². The predicted molar refractivity (Wildman–Crippen MR) is 75.4 cm³/mol. The molecule has 0 aliphatic heterocycles. The number of carbonyl (C=O) groups is 1. The van der Waals surface area contributed by atoms with Crippen molar-refractivity contribution >= 4 is 15.0 Å². The SMILES string of the molecule is CCCCCCCC(=O)O[Si](C(C)C)C(C)C. The highest BCUT2D eigenvalue weighted by molar-refractivity contribution is 6.56. The van der Waals surface area contributed by atoms with Crippen molar-refractivity contribution < 1.29 is 9.22 Å². The molecule has 0 aromatic carbocycles. The second kappa shape index (κ2) is 9.69. The van der Waals surface area contributed by atoms with Crippen molar-refractivity contribution in [2.45, 2.75) is 84.2 Å². The molecule has 0 unspecified atom stereocenters. The third-order valence-corrected chi connectivity index (χ3v) is 5.59. The zero-order valence-corrected chi connectivity index (χ0v) is 13.2. The summed E-state index contributed by atoms with van der Waals surface area (Å²) in [6, 6.07) is 0. The van der Waals surface area contributed by atoms with Crippen LogP contribution in [0.15, 0.2) is 0 Å². The molecule has 0 saturated heterocycles. The quantitative estimate of drug-likeness (QED) is 0.442. The minimum atomic E-state index is -0.974. The Morgan fingerprint density at radius 3 is 2.00 bits per heavy atom. The standard InChI is InChI=1S/C14H29O2Si/c1-6-7-8-9-10-11-14(15)16-17(12(2)3)13(4)5/h12-13H,6-11H2,1-5H3. The molecule has 0 spiro atoms. The van der Waals surface area contributed by atoms with E-state index in [1.165, 1.54) is 19.3 Å². The van der Waals surface area contributed by atoms with Crippen LogP contribution in [0.25, 0.3) is 0 Å². The van der Waals surface area contributed by atoms with Gasteiger partial charge in [0.15, 0.2) is 0 Å². The Kier molecular flexibility index (Phi) is 9.51. The highest BCUT2D eigenvalue weighted by Crippen LogP contribution is 2.21. The van der Waals surface area contributed by atoms with E-state index in [1.807, 2.05) is 0 Å². The number of carbonyl (C=O) groups excluding carboxylic acids is 1. The summed E-state index contributed by atoms with van der Waals surface area (Å²) in [6.07, 6.45) is 6.53. The average Bonchev–Trinajstić information content (AvgIpc) is 2.24. The molecule has 0 heterocycles. The molecule has 101 valence electrons. The molecule has 1 radical (unpaired) electrons. The summed E-state index contributed by atoms with van der Waals surface area (Å²) < 4.78 is 5.64. The zero-order valence-electron chi connectivity index (χ0n) is 12.2. The van der Waals surface area contributed by atoms with Crippen LogP contribution in [0, 0.1) is 0 Å². The normalized spacial score (nSPS) is 11.5. The summed E-state index contributed by atoms with van der Waals surface area (Å²) in [5.41, 5.74) is 1.01. The number of rotatable bonds is 9. The summed E-state index contributed by atoms with van der Waals surface area (Å²) >= 11 is 0. The Morgan fingerprint density at radius 1 is 1.00 bits per heavy atom. The van der Waals surface area contributed by atoms with Crippen LogP contribution in [0.5, 0.6) is 0 Å². The van der Waals surface area contributed by atoms with Gasteiger partial charge in [0.2, 0.25) is 0 Å².